The molecule has 0 saturated heterocycles. The number of nitrogens with one attached hydrogen (secondary N) is 2. The van der Waals surface area contributed by atoms with Crippen molar-refractivity contribution in [2.75, 3.05) is 11.9 Å². The summed E-state index contributed by atoms with van der Waals surface area (Å²) in [4.78, 5) is 28.3. The summed E-state index contributed by atoms with van der Waals surface area (Å²) < 4.78 is 5.74. The maximum atomic E-state index is 11.8. The summed E-state index contributed by atoms with van der Waals surface area (Å²) in [6.45, 7) is 7.62. The van der Waals surface area contributed by atoms with Crippen molar-refractivity contribution in [1.29, 1.82) is 0 Å². The van der Waals surface area contributed by atoms with Crippen LogP contribution in [-0.4, -0.2) is 29.4 Å². The van der Waals surface area contributed by atoms with Crippen LogP contribution in [0.3, 0.4) is 0 Å². The molecule has 2 amide bonds. The van der Waals surface area contributed by atoms with Crippen LogP contribution < -0.4 is 10.6 Å². The van der Waals surface area contributed by atoms with Crippen molar-refractivity contribution in [3.05, 3.63) is 23.2 Å². The molecule has 1 aliphatic rings. The van der Waals surface area contributed by atoms with Gasteiger partial charge in [-0.25, -0.2) is 4.98 Å². The fourth-order valence-corrected chi connectivity index (χ4v) is 3.16. The Kier molecular flexibility index (Phi) is 5.08. The Morgan fingerprint density at radius 2 is 2.29 bits per heavy atom. The van der Waals surface area contributed by atoms with Gasteiger partial charge in [0, 0.05) is 19.4 Å². The zero-order chi connectivity index (χ0) is 15.4. The van der Waals surface area contributed by atoms with E-state index in [4.69, 9.17) is 4.74 Å². The van der Waals surface area contributed by atoms with E-state index >= 15 is 0 Å². The number of thiazole rings is 1. The van der Waals surface area contributed by atoms with Crippen molar-refractivity contribution in [2.24, 2.45) is 0 Å². The fraction of sp³-hybridized carbons (Fsp3) is 0.500. The molecule has 2 N–H and O–H groups in total. The molecule has 2 atom stereocenters. The zero-order valence-electron chi connectivity index (χ0n) is 12.1. The van der Waals surface area contributed by atoms with Crippen molar-refractivity contribution < 1.29 is 14.3 Å². The Bertz CT molecular complexity index is 556. The van der Waals surface area contributed by atoms with Crippen LogP contribution in [0.2, 0.25) is 0 Å². The van der Waals surface area contributed by atoms with Crippen LogP contribution in [0.25, 0.3) is 0 Å². The van der Waals surface area contributed by atoms with Crippen LogP contribution >= 0.6 is 11.3 Å². The monoisotopic (exact) mass is 309 g/mol. The van der Waals surface area contributed by atoms with Gasteiger partial charge in [-0.05, 0) is 19.9 Å². The average Bonchev–Trinajstić information content (AvgIpc) is 2.81. The van der Waals surface area contributed by atoms with Crippen LogP contribution in [0.1, 0.15) is 36.9 Å². The molecular formula is C14H19N3O3S. The summed E-state index contributed by atoms with van der Waals surface area (Å²) in [6.07, 6.45) is 2.30. The lowest BCUT2D eigenvalue weighted by molar-refractivity contribution is -0.117. The summed E-state index contributed by atoms with van der Waals surface area (Å²) in [7, 11) is 0. The highest BCUT2D eigenvalue weighted by molar-refractivity contribution is 7.16. The van der Waals surface area contributed by atoms with Crippen LogP contribution in [0.15, 0.2) is 12.7 Å². The molecule has 1 aliphatic heterocycles. The van der Waals surface area contributed by atoms with E-state index in [9.17, 15) is 9.59 Å². The number of ether oxygens (including phenoxy) is 1. The molecule has 0 radical (unpaired) electrons. The average molecular weight is 309 g/mol. The Hall–Kier alpha value is -1.73. The van der Waals surface area contributed by atoms with Gasteiger partial charge in [-0.3, -0.25) is 9.59 Å². The lowest BCUT2D eigenvalue weighted by atomic mass is 10.1. The molecule has 0 saturated carbocycles. The van der Waals surface area contributed by atoms with Crippen molar-refractivity contribution >= 4 is 28.3 Å². The van der Waals surface area contributed by atoms with Gasteiger partial charge in [0.2, 0.25) is 11.8 Å². The molecule has 0 bridgehead atoms. The number of hydrogen-bond acceptors (Lipinski definition) is 5. The number of carbonyl (C=O) groups is 2. The third-order valence-corrected chi connectivity index (χ3v) is 4.27. The van der Waals surface area contributed by atoms with Gasteiger partial charge in [-0.2, -0.15) is 0 Å². The van der Waals surface area contributed by atoms with Crippen LogP contribution in [0.4, 0.5) is 5.13 Å². The van der Waals surface area contributed by atoms with E-state index in [1.54, 1.807) is 0 Å². The van der Waals surface area contributed by atoms with E-state index in [0.717, 1.165) is 17.0 Å². The minimum Gasteiger partial charge on any atom is -0.370 e. The molecule has 7 heteroatoms. The molecule has 2 rings (SSSR count). The second-order valence-electron chi connectivity index (χ2n) is 4.92. The first-order valence-corrected chi connectivity index (χ1v) is 7.66. The number of carbonyl (C=O) groups excluding carboxylic acids is 2. The molecule has 0 spiro atoms. The highest BCUT2D eigenvalue weighted by Crippen LogP contribution is 2.36. The topological polar surface area (TPSA) is 80.3 Å². The summed E-state index contributed by atoms with van der Waals surface area (Å²) in [5.74, 6) is -0.459. The highest BCUT2D eigenvalue weighted by Gasteiger charge is 2.26. The lowest BCUT2D eigenvalue weighted by Gasteiger charge is -2.23. The second-order valence-corrected chi connectivity index (χ2v) is 5.95. The maximum Gasteiger partial charge on any atom is 0.243 e. The molecule has 0 aromatic carbocycles. The second kappa shape index (κ2) is 6.82. The minimum atomic E-state index is -0.285. The molecule has 21 heavy (non-hydrogen) atoms. The molecule has 0 fully saturated rings. The Balaban J connectivity index is 1.89. The fourth-order valence-electron chi connectivity index (χ4n) is 2.16. The van der Waals surface area contributed by atoms with Gasteiger partial charge in [0.1, 0.15) is 0 Å². The lowest BCUT2D eigenvalue weighted by Crippen LogP contribution is -2.25. The number of amides is 2. The van der Waals surface area contributed by atoms with Gasteiger partial charge in [-0.1, -0.05) is 17.9 Å². The number of fused-ring (bicyclic) bond motifs is 1. The van der Waals surface area contributed by atoms with Crippen molar-refractivity contribution in [1.82, 2.24) is 10.3 Å². The molecule has 114 valence electrons. The van der Waals surface area contributed by atoms with Gasteiger partial charge in [-0.15, -0.1) is 0 Å². The Morgan fingerprint density at radius 3 is 3.00 bits per heavy atom. The first-order valence-electron chi connectivity index (χ1n) is 6.84. The van der Waals surface area contributed by atoms with E-state index in [1.165, 1.54) is 17.4 Å². The van der Waals surface area contributed by atoms with E-state index in [0.29, 0.717) is 5.13 Å². The maximum absolute atomic E-state index is 11.8. The standard InChI is InChI=1S/C14H19N3O3S/c1-4-11(18)15-6-5-12(19)17-14-16-10-7-8(2)20-9(3)13(10)21-14/h4,8-9H,1,5-7H2,2-3H3,(H,15,18)(H,16,17,19)/t8-,9+/m1/s1. The minimum absolute atomic E-state index is 0.0128. The zero-order valence-corrected chi connectivity index (χ0v) is 13.0. The summed E-state index contributed by atoms with van der Waals surface area (Å²) in [6, 6.07) is 0. The van der Waals surface area contributed by atoms with Gasteiger partial charge in [0.05, 0.1) is 22.8 Å². The van der Waals surface area contributed by atoms with Gasteiger partial charge >= 0.3 is 0 Å². The normalized spacial score (nSPS) is 20.5. The van der Waals surface area contributed by atoms with Gasteiger partial charge in [0.15, 0.2) is 5.13 Å². The van der Waals surface area contributed by atoms with Crippen molar-refractivity contribution in [3.63, 3.8) is 0 Å². The highest BCUT2D eigenvalue weighted by atomic mass is 32.1. The van der Waals surface area contributed by atoms with E-state index in [1.807, 2.05) is 13.8 Å². The molecule has 6 nitrogen and oxygen atoms in total. The number of hydrogen-bond donors (Lipinski definition) is 2. The van der Waals surface area contributed by atoms with Crippen LogP contribution in [0, 0.1) is 0 Å². The first kappa shape index (κ1) is 15.7. The van der Waals surface area contributed by atoms with E-state index < -0.39 is 0 Å². The van der Waals surface area contributed by atoms with E-state index in [-0.39, 0.29) is 37.0 Å². The van der Waals surface area contributed by atoms with Crippen LogP contribution in [0.5, 0.6) is 0 Å². The Morgan fingerprint density at radius 1 is 1.52 bits per heavy atom. The largest absolute Gasteiger partial charge is 0.370 e. The quantitative estimate of drug-likeness (QED) is 0.813. The smallest absolute Gasteiger partial charge is 0.243 e. The van der Waals surface area contributed by atoms with E-state index in [2.05, 4.69) is 22.2 Å². The molecular weight excluding hydrogens is 290 g/mol. The third kappa shape index (κ3) is 4.12. The van der Waals surface area contributed by atoms with Gasteiger partial charge in [0.25, 0.3) is 0 Å². The van der Waals surface area contributed by atoms with Crippen LogP contribution in [-0.2, 0) is 20.7 Å². The number of rotatable bonds is 5. The molecule has 2 heterocycles. The summed E-state index contributed by atoms with van der Waals surface area (Å²) >= 11 is 1.45. The summed E-state index contributed by atoms with van der Waals surface area (Å²) in [5.41, 5.74) is 1.00. The number of anilines is 1. The molecule has 0 aliphatic carbocycles. The SMILES string of the molecule is C=CC(=O)NCCC(=O)Nc1nc2c(s1)[C@H](C)O[C@H](C)C2. The van der Waals surface area contributed by atoms with Crippen molar-refractivity contribution in [3.8, 4) is 0 Å². The molecule has 1 aromatic heterocycles. The molecule has 1 aromatic rings. The molecule has 0 unspecified atom stereocenters. The first-order chi connectivity index (χ1) is 9.99. The van der Waals surface area contributed by atoms with Gasteiger partial charge < -0.3 is 15.4 Å². The van der Waals surface area contributed by atoms with Crippen molar-refractivity contribution in [2.45, 2.75) is 38.9 Å². The number of aromatic nitrogens is 1. The number of nitrogens with zero attached hydrogens (tertiary/aromatic N) is 1. The third-order valence-electron chi connectivity index (χ3n) is 3.10. The Labute approximate surface area is 127 Å². The summed E-state index contributed by atoms with van der Waals surface area (Å²) in [5, 5.41) is 5.91. The predicted molar refractivity (Wildman–Crippen MR) is 81.2 cm³/mol. The predicted octanol–water partition coefficient (Wildman–Crippen LogP) is 1.80.